The van der Waals surface area contributed by atoms with Gasteiger partial charge in [-0.15, -0.1) is 0 Å². The van der Waals surface area contributed by atoms with Gasteiger partial charge in [0.1, 0.15) is 4.32 Å². The van der Waals surface area contributed by atoms with Crippen LogP contribution in [0.25, 0.3) is 6.08 Å². The van der Waals surface area contributed by atoms with E-state index in [2.05, 4.69) is 26.8 Å². The van der Waals surface area contributed by atoms with E-state index in [9.17, 15) is 14.4 Å². The van der Waals surface area contributed by atoms with Gasteiger partial charge >= 0.3 is 0 Å². The summed E-state index contributed by atoms with van der Waals surface area (Å²) in [7, 11) is 0. The van der Waals surface area contributed by atoms with Gasteiger partial charge in [0, 0.05) is 23.0 Å². The first-order chi connectivity index (χ1) is 14.3. The molecule has 1 aliphatic heterocycles. The molecule has 9 heteroatoms. The monoisotopic (exact) mass is 503 g/mol. The predicted octanol–water partition coefficient (Wildman–Crippen LogP) is 3.81. The molecule has 1 aliphatic rings. The summed E-state index contributed by atoms with van der Waals surface area (Å²) in [4.78, 5) is 38.7. The molecule has 2 N–H and O–H groups in total. The van der Waals surface area contributed by atoms with Crippen molar-refractivity contribution in [2.45, 2.75) is 13.3 Å². The van der Waals surface area contributed by atoms with Gasteiger partial charge in [-0.2, -0.15) is 0 Å². The molecule has 0 unspecified atom stereocenters. The van der Waals surface area contributed by atoms with Crippen molar-refractivity contribution in [2.75, 3.05) is 6.54 Å². The van der Waals surface area contributed by atoms with Crippen LogP contribution in [0.4, 0.5) is 0 Å². The van der Waals surface area contributed by atoms with Crippen LogP contribution in [-0.2, 0) is 9.59 Å². The number of halogens is 1. The van der Waals surface area contributed by atoms with Crippen LogP contribution in [0.1, 0.15) is 27.9 Å². The second-order valence-electron chi connectivity index (χ2n) is 6.51. The van der Waals surface area contributed by atoms with Gasteiger partial charge in [0.25, 0.3) is 11.8 Å². The Kier molecular flexibility index (Phi) is 7.41. The fraction of sp³-hybridized carbons (Fsp3) is 0.143. The van der Waals surface area contributed by atoms with Gasteiger partial charge in [-0.3, -0.25) is 30.1 Å². The van der Waals surface area contributed by atoms with Crippen molar-refractivity contribution >= 4 is 68.0 Å². The molecule has 2 aromatic rings. The summed E-state index contributed by atoms with van der Waals surface area (Å²) in [6, 6.07) is 14.5. The fourth-order valence-corrected chi connectivity index (χ4v) is 4.35. The normalized spacial score (nSPS) is 14.9. The highest BCUT2D eigenvalue weighted by atomic mass is 79.9. The first-order valence-corrected chi connectivity index (χ1v) is 11.0. The topological polar surface area (TPSA) is 78.5 Å². The third kappa shape index (κ3) is 5.78. The first kappa shape index (κ1) is 22.2. The van der Waals surface area contributed by atoms with Crippen molar-refractivity contribution in [3.63, 3.8) is 0 Å². The highest BCUT2D eigenvalue weighted by Gasteiger charge is 2.32. The molecular formula is C21H18BrN3O3S2. The number of nitrogens with zero attached hydrogens (tertiary/aromatic N) is 1. The number of hydrazine groups is 1. The van der Waals surface area contributed by atoms with Gasteiger partial charge in [-0.1, -0.05) is 69.7 Å². The number of hydrogen-bond acceptors (Lipinski definition) is 5. The fourth-order valence-electron chi connectivity index (χ4n) is 2.62. The summed E-state index contributed by atoms with van der Waals surface area (Å²) < 4.78 is 1.31. The van der Waals surface area contributed by atoms with Crippen LogP contribution in [0.3, 0.4) is 0 Å². The third-order valence-corrected chi connectivity index (χ3v) is 6.08. The van der Waals surface area contributed by atoms with Crippen LogP contribution in [0.15, 0.2) is 57.9 Å². The van der Waals surface area contributed by atoms with Gasteiger partial charge in [-0.05, 0) is 42.8 Å². The molecule has 3 amide bonds. The zero-order valence-corrected chi connectivity index (χ0v) is 19.2. The Bertz CT molecular complexity index is 1040. The van der Waals surface area contributed by atoms with Crippen LogP contribution in [0.5, 0.6) is 0 Å². The van der Waals surface area contributed by atoms with Crippen molar-refractivity contribution in [3.8, 4) is 0 Å². The van der Waals surface area contributed by atoms with Crippen molar-refractivity contribution < 1.29 is 14.4 Å². The number of aryl methyl sites for hydroxylation is 1. The van der Waals surface area contributed by atoms with Gasteiger partial charge in [0.05, 0.1) is 4.91 Å². The van der Waals surface area contributed by atoms with Gasteiger partial charge in [-0.25, -0.2) is 0 Å². The molecule has 0 spiro atoms. The molecule has 0 atom stereocenters. The van der Waals surface area contributed by atoms with E-state index in [1.165, 1.54) is 16.7 Å². The molecule has 3 rings (SSSR count). The zero-order valence-electron chi connectivity index (χ0n) is 16.0. The van der Waals surface area contributed by atoms with Crippen LogP contribution < -0.4 is 10.9 Å². The summed E-state index contributed by atoms with van der Waals surface area (Å²) in [6.45, 7) is 2.05. The van der Waals surface area contributed by atoms with Crippen LogP contribution >= 0.6 is 39.9 Å². The number of thioether (sulfide) groups is 1. The van der Waals surface area contributed by atoms with Crippen molar-refractivity contribution in [1.82, 2.24) is 15.8 Å². The minimum atomic E-state index is -0.416. The highest BCUT2D eigenvalue weighted by molar-refractivity contribution is 9.10. The Labute approximate surface area is 192 Å². The maximum atomic E-state index is 12.6. The molecule has 1 saturated heterocycles. The van der Waals surface area contributed by atoms with E-state index in [1.807, 2.05) is 43.3 Å². The molecule has 154 valence electrons. The molecule has 1 heterocycles. The summed E-state index contributed by atoms with van der Waals surface area (Å²) in [5.74, 6) is -1.06. The van der Waals surface area contributed by atoms with E-state index in [1.54, 1.807) is 18.2 Å². The number of nitrogens with one attached hydrogen (secondary N) is 2. The van der Waals surface area contributed by atoms with Crippen LogP contribution in [0.2, 0.25) is 0 Å². The quantitative estimate of drug-likeness (QED) is 0.368. The van der Waals surface area contributed by atoms with Crippen molar-refractivity contribution in [1.29, 1.82) is 0 Å². The number of hydrogen-bond donors (Lipinski definition) is 2. The number of rotatable bonds is 5. The van der Waals surface area contributed by atoms with E-state index < -0.39 is 11.8 Å². The molecular weight excluding hydrogens is 486 g/mol. The number of carbonyl (C=O) groups excluding carboxylic acids is 3. The van der Waals surface area contributed by atoms with Crippen LogP contribution in [-0.4, -0.2) is 33.5 Å². The van der Waals surface area contributed by atoms with E-state index in [0.717, 1.165) is 15.6 Å². The molecule has 0 aromatic heterocycles. The number of benzene rings is 2. The zero-order chi connectivity index (χ0) is 21.7. The molecule has 0 bridgehead atoms. The Morgan fingerprint density at radius 3 is 2.60 bits per heavy atom. The second kappa shape index (κ2) is 10.0. The summed E-state index contributed by atoms with van der Waals surface area (Å²) >= 11 is 9.89. The van der Waals surface area contributed by atoms with E-state index in [0.29, 0.717) is 14.8 Å². The molecule has 1 fully saturated rings. The molecule has 30 heavy (non-hydrogen) atoms. The molecule has 2 aromatic carbocycles. The Morgan fingerprint density at radius 1 is 1.17 bits per heavy atom. The van der Waals surface area contributed by atoms with Crippen LogP contribution in [0, 0.1) is 6.92 Å². The van der Waals surface area contributed by atoms with Gasteiger partial charge in [0.15, 0.2) is 0 Å². The Hall–Kier alpha value is -2.49. The lowest BCUT2D eigenvalue weighted by Crippen LogP contribution is -2.43. The van der Waals surface area contributed by atoms with Gasteiger partial charge in [0.2, 0.25) is 5.91 Å². The average Bonchev–Trinajstić information content (AvgIpc) is 2.97. The first-order valence-electron chi connectivity index (χ1n) is 9.00. The summed E-state index contributed by atoms with van der Waals surface area (Å²) in [5, 5.41) is 0. The predicted molar refractivity (Wildman–Crippen MR) is 125 cm³/mol. The third-order valence-electron chi connectivity index (χ3n) is 4.21. The second-order valence-corrected chi connectivity index (χ2v) is 9.10. The standard InChI is InChI=1S/C21H18BrN3O3S2/c1-13-5-7-15(8-6-13)19(27)24-23-18(26)9-10-25-20(28)17(30-21(25)29)12-14-3-2-4-16(22)11-14/h2-8,11-12H,9-10H2,1H3,(H,23,26)(H,24,27). The smallest absolute Gasteiger partial charge is 0.269 e. The lowest BCUT2D eigenvalue weighted by molar-refractivity contribution is -0.124. The minimum absolute atomic E-state index is 0.00475. The Morgan fingerprint density at radius 2 is 1.90 bits per heavy atom. The number of thiocarbonyl (C=S) groups is 1. The SMILES string of the molecule is Cc1ccc(C(=O)NNC(=O)CCN2C(=O)C(=Cc3cccc(Br)c3)SC2=S)cc1. The lowest BCUT2D eigenvalue weighted by Gasteiger charge is -2.14. The van der Waals surface area contributed by atoms with Crippen molar-refractivity contribution in [3.05, 3.63) is 74.6 Å². The minimum Gasteiger partial charge on any atom is -0.292 e. The highest BCUT2D eigenvalue weighted by Crippen LogP contribution is 2.32. The number of amides is 3. The average molecular weight is 504 g/mol. The molecule has 0 radical (unpaired) electrons. The largest absolute Gasteiger partial charge is 0.292 e. The molecule has 6 nitrogen and oxygen atoms in total. The lowest BCUT2D eigenvalue weighted by atomic mass is 10.1. The summed E-state index contributed by atoms with van der Waals surface area (Å²) in [6.07, 6.45) is 1.77. The van der Waals surface area contributed by atoms with E-state index >= 15 is 0 Å². The van der Waals surface area contributed by atoms with Crippen molar-refractivity contribution in [2.24, 2.45) is 0 Å². The maximum absolute atomic E-state index is 12.6. The van der Waals surface area contributed by atoms with E-state index in [4.69, 9.17) is 12.2 Å². The van der Waals surface area contributed by atoms with Gasteiger partial charge < -0.3 is 0 Å². The Balaban J connectivity index is 1.52. The maximum Gasteiger partial charge on any atom is 0.269 e. The molecule has 0 saturated carbocycles. The summed E-state index contributed by atoms with van der Waals surface area (Å²) in [5.41, 5.74) is 7.08. The van der Waals surface area contributed by atoms with E-state index in [-0.39, 0.29) is 18.9 Å². The molecule has 0 aliphatic carbocycles. The number of carbonyl (C=O) groups is 3.